The zero-order chi connectivity index (χ0) is 17.6. The number of likely N-dealkylation sites (tertiary alicyclic amines) is 1. The number of piperidine rings is 1. The van der Waals surface area contributed by atoms with Crippen molar-refractivity contribution >= 4 is 11.7 Å². The highest BCUT2D eigenvalue weighted by Crippen LogP contribution is 2.17. The van der Waals surface area contributed by atoms with E-state index in [4.69, 9.17) is 4.74 Å². The Morgan fingerprint density at radius 3 is 2.72 bits per heavy atom. The molecule has 2 amide bonds. The molecule has 0 bridgehead atoms. The predicted molar refractivity (Wildman–Crippen MR) is 92.1 cm³/mol. The normalized spacial score (nSPS) is 17.2. The lowest BCUT2D eigenvalue weighted by atomic mass is 10.1. The van der Waals surface area contributed by atoms with Crippen LogP contribution < -0.4 is 10.1 Å². The summed E-state index contributed by atoms with van der Waals surface area (Å²) in [7, 11) is 0. The second kappa shape index (κ2) is 7.92. The van der Waals surface area contributed by atoms with Crippen LogP contribution in [-0.4, -0.2) is 40.1 Å². The van der Waals surface area contributed by atoms with E-state index < -0.39 is 0 Å². The van der Waals surface area contributed by atoms with Crippen LogP contribution in [0, 0.1) is 5.82 Å². The summed E-state index contributed by atoms with van der Waals surface area (Å²) in [5, 5.41) is 2.77. The van der Waals surface area contributed by atoms with Gasteiger partial charge in [0.2, 0.25) is 0 Å². The van der Waals surface area contributed by atoms with Crippen molar-refractivity contribution in [1.82, 2.24) is 14.9 Å². The molecule has 132 valence electrons. The zero-order valence-corrected chi connectivity index (χ0v) is 14.1. The van der Waals surface area contributed by atoms with Crippen LogP contribution >= 0.6 is 0 Å². The van der Waals surface area contributed by atoms with Crippen LogP contribution in [0.5, 0.6) is 6.01 Å². The van der Waals surface area contributed by atoms with Crippen LogP contribution in [0.1, 0.15) is 25.3 Å². The first kappa shape index (κ1) is 17.1. The van der Waals surface area contributed by atoms with Gasteiger partial charge in [0, 0.05) is 24.6 Å². The van der Waals surface area contributed by atoms with Gasteiger partial charge in [0.05, 0.1) is 6.54 Å². The van der Waals surface area contributed by atoms with Crippen molar-refractivity contribution in [3.8, 4) is 6.01 Å². The van der Waals surface area contributed by atoms with Crippen LogP contribution in [0.25, 0.3) is 0 Å². The topological polar surface area (TPSA) is 67.3 Å². The van der Waals surface area contributed by atoms with Gasteiger partial charge < -0.3 is 15.0 Å². The maximum absolute atomic E-state index is 12.9. The number of amides is 2. The summed E-state index contributed by atoms with van der Waals surface area (Å²) in [4.78, 5) is 22.5. The highest BCUT2D eigenvalue weighted by atomic mass is 19.1. The summed E-state index contributed by atoms with van der Waals surface area (Å²) in [5.41, 5.74) is 1.62. The molecule has 2 heterocycles. The number of carbonyl (C=O) groups is 1. The lowest BCUT2D eigenvalue weighted by molar-refractivity contribution is 0.0982. The Morgan fingerprint density at radius 2 is 2.04 bits per heavy atom. The lowest BCUT2D eigenvalue weighted by Gasteiger charge is -2.32. The molecule has 0 radical (unpaired) electrons. The Bertz CT molecular complexity index is 706. The number of rotatable bonds is 4. The molecule has 0 saturated carbocycles. The molecular formula is C18H21FN4O2. The third kappa shape index (κ3) is 4.65. The summed E-state index contributed by atoms with van der Waals surface area (Å²) in [5.74, 6) is -0.335. The number of nitrogens with one attached hydrogen (secondary N) is 1. The lowest BCUT2D eigenvalue weighted by Crippen LogP contribution is -2.46. The minimum absolute atomic E-state index is 0.139. The van der Waals surface area contributed by atoms with Crippen molar-refractivity contribution in [3.05, 3.63) is 48.0 Å². The van der Waals surface area contributed by atoms with Crippen LogP contribution in [0.15, 0.2) is 36.7 Å². The molecule has 1 N–H and O–H groups in total. The third-order valence-electron chi connectivity index (χ3n) is 4.12. The number of aromatic nitrogens is 2. The van der Waals surface area contributed by atoms with E-state index in [1.165, 1.54) is 24.3 Å². The molecule has 25 heavy (non-hydrogen) atoms. The maximum atomic E-state index is 12.9. The quantitative estimate of drug-likeness (QED) is 0.924. The van der Waals surface area contributed by atoms with Gasteiger partial charge in [-0.1, -0.05) is 6.92 Å². The van der Waals surface area contributed by atoms with Crippen molar-refractivity contribution in [3.63, 3.8) is 0 Å². The van der Waals surface area contributed by atoms with Crippen LogP contribution in [0.3, 0.4) is 0 Å². The van der Waals surface area contributed by atoms with E-state index in [0.717, 1.165) is 24.8 Å². The van der Waals surface area contributed by atoms with Crippen molar-refractivity contribution in [2.75, 3.05) is 18.4 Å². The molecule has 7 heteroatoms. The zero-order valence-electron chi connectivity index (χ0n) is 14.1. The summed E-state index contributed by atoms with van der Waals surface area (Å²) in [6, 6.07) is 5.82. The number of hydrogen-bond acceptors (Lipinski definition) is 4. The van der Waals surface area contributed by atoms with Gasteiger partial charge >= 0.3 is 12.0 Å². The van der Waals surface area contributed by atoms with Gasteiger partial charge in [0.1, 0.15) is 11.9 Å². The highest BCUT2D eigenvalue weighted by molar-refractivity contribution is 5.89. The molecule has 1 unspecified atom stereocenters. The van der Waals surface area contributed by atoms with E-state index in [1.807, 2.05) is 6.92 Å². The number of anilines is 1. The number of urea groups is 1. The molecule has 1 aliphatic rings. The van der Waals surface area contributed by atoms with E-state index in [2.05, 4.69) is 15.3 Å². The second-order valence-corrected chi connectivity index (χ2v) is 5.99. The number of halogens is 1. The Morgan fingerprint density at radius 1 is 1.32 bits per heavy atom. The summed E-state index contributed by atoms with van der Waals surface area (Å²) >= 11 is 0. The van der Waals surface area contributed by atoms with Crippen molar-refractivity contribution < 1.29 is 13.9 Å². The molecule has 1 fully saturated rings. The maximum Gasteiger partial charge on any atom is 0.321 e. The average molecular weight is 344 g/mol. The largest absolute Gasteiger partial charge is 0.458 e. The van der Waals surface area contributed by atoms with Gasteiger partial charge in [0.25, 0.3) is 0 Å². The number of benzene rings is 1. The van der Waals surface area contributed by atoms with Crippen molar-refractivity contribution in [1.29, 1.82) is 0 Å². The van der Waals surface area contributed by atoms with Gasteiger partial charge in [-0.2, -0.15) is 0 Å². The first-order valence-corrected chi connectivity index (χ1v) is 8.43. The van der Waals surface area contributed by atoms with Gasteiger partial charge in [0.15, 0.2) is 0 Å². The molecule has 1 saturated heterocycles. The van der Waals surface area contributed by atoms with E-state index in [1.54, 1.807) is 17.3 Å². The van der Waals surface area contributed by atoms with Crippen LogP contribution in [0.2, 0.25) is 0 Å². The summed E-state index contributed by atoms with van der Waals surface area (Å²) < 4.78 is 18.7. The Balaban J connectivity index is 1.56. The van der Waals surface area contributed by atoms with Gasteiger partial charge in [-0.3, -0.25) is 0 Å². The van der Waals surface area contributed by atoms with E-state index in [9.17, 15) is 9.18 Å². The molecular weight excluding hydrogens is 323 g/mol. The van der Waals surface area contributed by atoms with Crippen molar-refractivity contribution in [2.45, 2.75) is 32.3 Å². The van der Waals surface area contributed by atoms with Crippen LogP contribution in [0.4, 0.5) is 14.9 Å². The fraction of sp³-hybridized carbons (Fsp3) is 0.389. The molecule has 0 aliphatic carbocycles. The van der Waals surface area contributed by atoms with Gasteiger partial charge in [-0.25, -0.2) is 19.2 Å². The number of hydrogen-bond donors (Lipinski definition) is 1. The first-order valence-electron chi connectivity index (χ1n) is 8.43. The Hall–Kier alpha value is -2.70. The molecule has 1 aromatic heterocycles. The van der Waals surface area contributed by atoms with Gasteiger partial charge in [-0.15, -0.1) is 0 Å². The number of ether oxygens (including phenoxy) is 1. The molecule has 6 nitrogen and oxygen atoms in total. The minimum Gasteiger partial charge on any atom is -0.458 e. The number of nitrogens with zero attached hydrogens (tertiary/aromatic N) is 3. The fourth-order valence-electron chi connectivity index (χ4n) is 2.69. The predicted octanol–water partition coefficient (Wildman–Crippen LogP) is 3.25. The molecule has 2 aromatic rings. The highest BCUT2D eigenvalue weighted by Gasteiger charge is 2.25. The van der Waals surface area contributed by atoms with E-state index in [0.29, 0.717) is 24.8 Å². The monoisotopic (exact) mass is 344 g/mol. The van der Waals surface area contributed by atoms with E-state index >= 15 is 0 Å². The Kier molecular flexibility index (Phi) is 5.42. The smallest absolute Gasteiger partial charge is 0.321 e. The first-order chi connectivity index (χ1) is 12.1. The Labute approximate surface area is 146 Å². The molecule has 1 aliphatic heterocycles. The van der Waals surface area contributed by atoms with Crippen LogP contribution in [-0.2, 0) is 6.42 Å². The molecule has 0 spiro atoms. The second-order valence-electron chi connectivity index (χ2n) is 5.99. The summed E-state index contributed by atoms with van der Waals surface area (Å²) in [6.07, 6.45) is 5.93. The number of aryl methyl sites for hydroxylation is 1. The third-order valence-corrected chi connectivity index (χ3v) is 4.12. The SMILES string of the molecule is CCc1cnc(OC2CCCN(C(=O)Nc3ccc(F)cc3)C2)nc1. The summed E-state index contributed by atoms with van der Waals surface area (Å²) in [6.45, 7) is 3.16. The average Bonchev–Trinajstić information content (AvgIpc) is 2.64. The van der Waals surface area contributed by atoms with E-state index in [-0.39, 0.29) is 18.0 Å². The molecule has 3 rings (SSSR count). The minimum atomic E-state index is -0.335. The fourth-order valence-corrected chi connectivity index (χ4v) is 2.69. The standard InChI is InChI=1S/C18H21FN4O2/c1-2-13-10-20-17(21-11-13)25-16-4-3-9-23(12-16)18(24)22-15-7-5-14(19)6-8-15/h5-8,10-11,16H,2-4,9,12H2,1H3,(H,22,24). The number of carbonyl (C=O) groups excluding carboxylic acids is 1. The molecule has 1 aromatic carbocycles. The van der Waals surface area contributed by atoms with Gasteiger partial charge in [-0.05, 0) is 49.1 Å². The molecule has 1 atom stereocenters. The van der Waals surface area contributed by atoms with Crippen molar-refractivity contribution in [2.24, 2.45) is 0 Å².